The smallest absolute Gasteiger partial charge is 0.321 e. The maximum Gasteiger partial charge on any atom is 0.321 e. The van der Waals surface area contributed by atoms with Gasteiger partial charge in [-0.25, -0.2) is 13.6 Å². The maximum absolute atomic E-state index is 12.3. The number of rotatable bonds is 7. The minimum Gasteiger partial charge on any atom is -0.396 e. The van der Waals surface area contributed by atoms with Crippen molar-refractivity contribution < 1.29 is 18.7 Å². The summed E-state index contributed by atoms with van der Waals surface area (Å²) in [6.07, 6.45) is 2.80. The largest absolute Gasteiger partial charge is 0.396 e. The van der Waals surface area contributed by atoms with E-state index in [1.165, 1.54) is 12.4 Å². The summed E-state index contributed by atoms with van der Waals surface area (Å²) in [4.78, 5) is 16.2. The van der Waals surface area contributed by atoms with E-state index in [4.69, 9.17) is 5.11 Å². The zero-order valence-corrected chi connectivity index (χ0v) is 13.9. The minimum absolute atomic E-state index is 0.185. The van der Waals surface area contributed by atoms with Gasteiger partial charge in [0, 0.05) is 38.5 Å². The number of urea groups is 1. The molecule has 136 valence electrons. The highest BCUT2D eigenvalue weighted by atomic mass is 19.3. The summed E-state index contributed by atoms with van der Waals surface area (Å²) < 4.78 is 25.7. The molecule has 0 atom stereocenters. The lowest BCUT2D eigenvalue weighted by Crippen LogP contribution is -2.47. The quantitative estimate of drug-likeness (QED) is 0.785. The van der Waals surface area contributed by atoms with Gasteiger partial charge in [0.05, 0.1) is 11.9 Å². The molecule has 0 bridgehead atoms. The van der Waals surface area contributed by atoms with E-state index in [1.807, 2.05) is 7.05 Å². The molecular weight excluding hydrogens is 320 g/mol. The van der Waals surface area contributed by atoms with E-state index >= 15 is 0 Å². The molecule has 2 rings (SSSR count). The van der Waals surface area contributed by atoms with Gasteiger partial charge in [-0.2, -0.15) is 5.10 Å². The third kappa shape index (κ3) is 5.41. The minimum atomic E-state index is -2.48. The zero-order chi connectivity index (χ0) is 17.5. The van der Waals surface area contributed by atoms with Gasteiger partial charge in [-0.15, -0.1) is 0 Å². The van der Waals surface area contributed by atoms with Crippen LogP contribution in [0.25, 0.3) is 0 Å². The molecular formula is C15H25F2N5O2. The average Bonchev–Trinajstić information content (AvgIpc) is 2.98. The maximum atomic E-state index is 12.3. The molecule has 1 aliphatic heterocycles. The number of piperidine rings is 1. The third-order valence-corrected chi connectivity index (χ3v) is 4.25. The molecule has 2 N–H and O–H groups in total. The van der Waals surface area contributed by atoms with Crippen molar-refractivity contribution in [1.82, 2.24) is 19.6 Å². The monoisotopic (exact) mass is 345 g/mol. The van der Waals surface area contributed by atoms with E-state index in [2.05, 4.69) is 15.3 Å². The summed E-state index contributed by atoms with van der Waals surface area (Å²) in [5.74, 6) is 0. The number of aliphatic hydroxyl groups is 1. The van der Waals surface area contributed by atoms with Crippen molar-refractivity contribution in [3.63, 3.8) is 0 Å². The molecule has 0 saturated carbocycles. The molecule has 24 heavy (non-hydrogen) atoms. The Morgan fingerprint density at radius 3 is 2.83 bits per heavy atom. The van der Waals surface area contributed by atoms with Crippen molar-refractivity contribution in [3.05, 3.63) is 12.4 Å². The first-order chi connectivity index (χ1) is 11.5. The normalized spacial score (nSPS) is 16.2. The number of hydrogen-bond donors (Lipinski definition) is 2. The van der Waals surface area contributed by atoms with Crippen LogP contribution in [0.3, 0.4) is 0 Å². The Kier molecular flexibility index (Phi) is 6.92. The van der Waals surface area contributed by atoms with Crippen LogP contribution in [0.15, 0.2) is 12.4 Å². The first kappa shape index (κ1) is 18.6. The number of halogens is 2. The summed E-state index contributed by atoms with van der Waals surface area (Å²) in [6.45, 7) is 1.83. The first-order valence-corrected chi connectivity index (χ1v) is 8.17. The molecule has 0 aliphatic carbocycles. The van der Waals surface area contributed by atoms with Crippen LogP contribution >= 0.6 is 0 Å². The summed E-state index contributed by atoms with van der Waals surface area (Å²) >= 11 is 0. The van der Waals surface area contributed by atoms with Crippen LogP contribution in [0.1, 0.15) is 19.3 Å². The molecule has 2 amide bonds. The Labute approximate surface area is 140 Å². The van der Waals surface area contributed by atoms with Gasteiger partial charge >= 0.3 is 6.03 Å². The van der Waals surface area contributed by atoms with Gasteiger partial charge < -0.3 is 20.2 Å². The molecule has 0 spiro atoms. The summed E-state index contributed by atoms with van der Waals surface area (Å²) in [5, 5.41) is 15.4. The highest BCUT2D eigenvalue weighted by molar-refractivity contribution is 5.89. The second kappa shape index (κ2) is 8.93. The number of nitrogens with zero attached hydrogens (tertiary/aromatic N) is 4. The van der Waals surface area contributed by atoms with Crippen LogP contribution in [0.4, 0.5) is 19.3 Å². The van der Waals surface area contributed by atoms with Gasteiger partial charge in [-0.1, -0.05) is 0 Å². The van der Waals surface area contributed by atoms with Crippen LogP contribution in [0.5, 0.6) is 0 Å². The number of likely N-dealkylation sites (tertiary alicyclic amines) is 1. The van der Waals surface area contributed by atoms with Crippen LogP contribution in [-0.2, 0) is 6.54 Å². The van der Waals surface area contributed by atoms with E-state index in [0.29, 0.717) is 24.8 Å². The molecule has 1 saturated heterocycles. The Morgan fingerprint density at radius 2 is 2.21 bits per heavy atom. The fourth-order valence-corrected chi connectivity index (χ4v) is 2.88. The van der Waals surface area contributed by atoms with Crippen LogP contribution in [-0.4, -0.2) is 76.5 Å². The molecule has 0 unspecified atom stereocenters. The molecule has 1 aliphatic rings. The van der Waals surface area contributed by atoms with Gasteiger partial charge in [0.1, 0.15) is 6.54 Å². The number of hydrogen-bond acceptors (Lipinski definition) is 4. The fourth-order valence-electron chi connectivity index (χ4n) is 2.88. The van der Waals surface area contributed by atoms with Gasteiger partial charge in [-0.05, 0) is 26.3 Å². The number of carbonyl (C=O) groups excluding carboxylic acids is 1. The fraction of sp³-hybridized carbons (Fsp3) is 0.733. The van der Waals surface area contributed by atoms with Gasteiger partial charge in [-0.3, -0.25) is 4.68 Å². The topological polar surface area (TPSA) is 73.6 Å². The Hall–Kier alpha value is -1.74. The lowest BCUT2D eigenvalue weighted by molar-refractivity contribution is 0.122. The summed E-state index contributed by atoms with van der Waals surface area (Å²) in [5.41, 5.74) is 0.419. The van der Waals surface area contributed by atoms with E-state index < -0.39 is 13.0 Å². The van der Waals surface area contributed by atoms with E-state index in [1.54, 1.807) is 4.90 Å². The van der Waals surface area contributed by atoms with Crippen molar-refractivity contribution in [1.29, 1.82) is 0 Å². The Balaban J connectivity index is 1.77. The number of carbonyl (C=O) groups is 1. The lowest BCUT2D eigenvalue weighted by atomic mass is 10.0. The Bertz CT molecular complexity index is 518. The molecule has 7 nitrogen and oxygen atoms in total. The number of alkyl halides is 2. The van der Waals surface area contributed by atoms with E-state index in [9.17, 15) is 13.6 Å². The van der Waals surface area contributed by atoms with Crippen LogP contribution < -0.4 is 5.32 Å². The number of aromatic nitrogens is 2. The SMILES string of the molecule is CN(CCCO)C1CCN(C(=O)Nc2cnn(CC(F)F)c2)CC1. The standard InChI is InChI=1S/C15H25F2N5O2/c1-20(5-2-8-23)13-3-6-21(7-4-13)15(24)19-12-9-18-22(10-12)11-14(16)17/h9-10,13-14,23H,2-8,11H2,1H3,(H,19,24). The van der Waals surface area contributed by atoms with Crippen LogP contribution in [0, 0.1) is 0 Å². The van der Waals surface area contributed by atoms with Crippen molar-refractivity contribution in [2.75, 3.05) is 38.6 Å². The van der Waals surface area contributed by atoms with Crippen molar-refractivity contribution in [2.24, 2.45) is 0 Å². The molecule has 1 fully saturated rings. The zero-order valence-electron chi connectivity index (χ0n) is 13.9. The number of aliphatic hydroxyl groups excluding tert-OH is 1. The van der Waals surface area contributed by atoms with E-state index in [0.717, 1.165) is 30.5 Å². The molecule has 0 aromatic carbocycles. The third-order valence-electron chi connectivity index (χ3n) is 4.25. The molecule has 0 radical (unpaired) electrons. The summed E-state index contributed by atoms with van der Waals surface area (Å²) in [6, 6.07) is 0.178. The Morgan fingerprint density at radius 1 is 1.50 bits per heavy atom. The molecule has 1 aromatic rings. The molecule has 2 heterocycles. The van der Waals surface area contributed by atoms with Gasteiger partial charge in [0.25, 0.3) is 6.43 Å². The van der Waals surface area contributed by atoms with Crippen molar-refractivity contribution in [2.45, 2.75) is 38.3 Å². The van der Waals surface area contributed by atoms with Gasteiger partial charge in [0.15, 0.2) is 0 Å². The highest BCUT2D eigenvalue weighted by Gasteiger charge is 2.25. The number of anilines is 1. The second-order valence-corrected chi connectivity index (χ2v) is 6.05. The molecule has 1 aromatic heterocycles. The predicted molar refractivity (Wildman–Crippen MR) is 86.2 cm³/mol. The van der Waals surface area contributed by atoms with Crippen molar-refractivity contribution >= 4 is 11.7 Å². The second-order valence-electron chi connectivity index (χ2n) is 6.05. The summed E-state index contributed by atoms with van der Waals surface area (Å²) in [7, 11) is 2.04. The number of amides is 2. The first-order valence-electron chi connectivity index (χ1n) is 8.17. The van der Waals surface area contributed by atoms with Crippen LogP contribution in [0.2, 0.25) is 0 Å². The van der Waals surface area contributed by atoms with Crippen molar-refractivity contribution in [3.8, 4) is 0 Å². The highest BCUT2D eigenvalue weighted by Crippen LogP contribution is 2.17. The van der Waals surface area contributed by atoms with E-state index in [-0.39, 0.29) is 12.6 Å². The lowest BCUT2D eigenvalue weighted by Gasteiger charge is -2.36. The average molecular weight is 345 g/mol. The number of nitrogens with one attached hydrogen (secondary N) is 1. The molecule has 9 heteroatoms. The predicted octanol–water partition coefficient (Wildman–Crippen LogP) is 1.46. The van der Waals surface area contributed by atoms with Gasteiger partial charge in [0.2, 0.25) is 0 Å².